The fraction of sp³-hybridized carbons (Fsp3) is 0.625. The molecule has 4 heteroatoms. The Morgan fingerprint density at radius 2 is 2.00 bits per heavy atom. The van der Waals surface area contributed by atoms with Gasteiger partial charge in [0.25, 0.3) is 0 Å². The van der Waals surface area contributed by atoms with Gasteiger partial charge in [-0.15, -0.1) is 0 Å². The van der Waals surface area contributed by atoms with Gasteiger partial charge in [-0.1, -0.05) is 22.9 Å². The Bertz CT molecular complexity index is 421. The van der Waals surface area contributed by atoms with Gasteiger partial charge in [0.2, 0.25) is 0 Å². The molecule has 0 radical (unpaired) electrons. The topological polar surface area (TPSA) is 30.5 Å². The lowest BCUT2D eigenvalue weighted by Crippen LogP contribution is -2.39. The third-order valence-electron chi connectivity index (χ3n) is 3.50. The van der Waals surface area contributed by atoms with Crippen LogP contribution in [0.2, 0.25) is 0 Å². The van der Waals surface area contributed by atoms with E-state index in [0.717, 1.165) is 29.6 Å². The average molecular weight is 344 g/mol. The molecule has 0 heterocycles. The van der Waals surface area contributed by atoms with Gasteiger partial charge in [-0.2, -0.15) is 0 Å². The minimum Gasteiger partial charge on any atom is -0.497 e. The van der Waals surface area contributed by atoms with Crippen LogP contribution in [0.3, 0.4) is 0 Å². The van der Waals surface area contributed by atoms with Gasteiger partial charge >= 0.3 is 0 Å². The van der Waals surface area contributed by atoms with Crippen molar-refractivity contribution in [3.8, 4) is 5.75 Å². The maximum Gasteiger partial charge on any atom is 0.119 e. The predicted molar refractivity (Wildman–Crippen MR) is 87.6 cm³/mol. The second-order valence-corrected chi connectivity index (χ2v) is 6.44. The van der Waals surface area contributed by atoms with Crippen LogP contribution in [0.4, 0.5) is 0 Å². The summed E-state index contributed by atoms with van der Waals surface area (Å²) in [6.45, 7) is 7.33. The van der Waals surface area contributed by atoms with Crippen molar-refractivity contribution in [2.24, 2.45) is 0 Å². The molecule has 0 aliphatic heterocycles. The summed E-state index contributed by atoms with van der Waals surface area (Å²) in [6.07, 6.45) is 1.90. The van der Waals surface area contributed by atoms with E-state index in [9.17, 15) is 0 Å². The molecule has 0 spiro atoms. The summed E-state index contributed by atoms with van der Waals surface area (Å²) >= 11 is 3.62. The Morgan fingerprint density at radius 1 is 1.30 bits per heavy atom. The maximum atomic E-state index is 5.55. The third kappa shape index (κ3) is 5.43. The van der Waals surface area contributed by atoms with Gasteiger partial charge in [-0.25, -0.2) is 0 Å². The van der Waals surface area contributed by atoms with Crippen LogP contribution >= 0.6 is 15.9 Å². The highest BCUT2D eigenvalue weighted by Crippen LogP contribution is 2.26. The van der Waals surface area contributed by atoms with Gasteiger partial charge in [0.05, 0.1) is 12.7 Å². The zero-order valence-electron chi connectivity index (χ0n) is 13.1. The number of methoxy groups -OCH3 is 2. The SMILES string of the molecule is CCNC(Cc1cc(OC)ccc1Br)CC(C)(C)OC. The van der Waals surface area contributed by atoms with Crippen molar-refractivity contribution >= 4 is 15.9 Å². The van der Waals surface area contributed by atoms with E-state index in [1.54, 1.807) is 14.2 Å². The summed E-state index contributed by atoms with van der Waals surface area (Å²) in [5.41, 5.74) is 1.13. The number of benzene rings is 1. The summed E-state index contributed by atoms with van der Waals surface area (Å²) in [5.74, 6) is 0.893. The Balaban J connectivity index is 2.84. The molecule has 0 aliphatic carbocycles. The fourth-order valence-electron chi connectivity index (χ4n) is 2.28. The normalized spacial score (nSPS) is 13.3. The molecule has 1 unspecified atom stereocenters. The average Bonchev–Trinajstić information content (AvgIpc) is 2.41. The van der Waals surface area contributed by atoms with Gasteiger partial charge in [-0.05, 0) is 57.0 Å². The summed E-state index contributed by atoms with van der Waals surface area (Å²) in [7, 11) is 3.47. The summed E-state index contributed by atoms with van der Waals surface area (Å²) in [5, 5.41) is 3.54. The fourth-order valence-corrected chi connectivity index (χ4v) is 2.69. The number of hydrogen-bond acceptors (Lipinski definition) is 3. The predicted octanol–water partition coefficient (Wildman–Crippen LogP) is 3.79. The first-order valence-electron chi connectivity index (χ1n) is 7.02. The number of rotatable bonds is 8. The standard InChI is InChI=1S/C16H26BrNO2/c1-6-18-13(11-16(2,3)20-5)9-12-10-14(19-4)7-8-15(12)17/h7-8,10,13,18H,6,9,11H2,1-5H3. The number of halogens is 1. The Labute approximate surface area is 131 Å². The molecule has 3 nitrogen and oxygen atoms in total. The molecule has 0 fully saturated rings. The lowest BCUT2D eigenvalue weighted by molar-refractivity contribution is 0.00725. The van der Waals surface area contributed by atoms with E-state index in [1.165, 1.54) is 5.56 Å². The van der Waals surface area contributed by atoms with Gasteiger partial charge in [0, 0.05) is 17.6 Å². The van der Waals surface area contributed by atoms with Crippen molar-refractivity contribution in [2.75, 3.05) is 20.8 Å². The van der Waals surface area contributed by atoms with Crippen LogP contribution in [0.5, 0.6) is 5.75 Å². The molecule has 0 aromatic heterocycles. The van der Waals surface area contributed by atoms with E-state index in [0.29, 0.717) is 6.04 Å². The Hall–Kier alpha value is -0.580. The summed E-state index contributed by atoms with van der Waals surface area (Å²) in [6, 6.07) is 6.47. The van der Waals surface area contributed by atoms with E-state index in [4.69, 9.17) is 9.47 Å². The molecule has 0 bridgehead atoms. The molecule has 1 aromatic rings. The monoisotopic (exact) mass is 343 g/mol. The number of likely N-dealkylation sites (N-methyl/N-ethyl adjacent to an activating group) is 1. The largest absolute Gasteiger partial charge is 0.497 e. The van der Waals surface area contributed by atoms with E-state index in [-0.39, 0.29) is 5.60 Å². The molecular weight excluding hydrogens is 318 g/mol. The maximum absolute atomic E-state index is 5.55. The van der Waals surface area contributed by atoms with Crippen molar-refractivity contribution in [1.82, 2.24) is 5.32 Å². The molecule has 1 N–H and O–H groups in total. The third-order valence-corrected chi connectivity index (χ3v) is 4.28. The molecule has 20 heavy (non-hydrogen) atoms. The van der Waals surface area contributed by atoms with Crippen molar-refractivity contribution in [1.29, 1.82) is 0 Å². The van der Waals surface area contributed by atoms with Gasteiger partial charge in [0.15, 0.2) is 0 Å². The summed E-state index contributed by atoms with van der Waals surface area (Å²) < 4.78 is 12.0. The van der Waals surface area contributed by atoms with Crippen LogP contribution in [0.15, 0.2) is 22.7 Å². The second kappa shape index (κ2) is 8.01. The molecule has 1 rings (SSSR count). The molecule has 0 amide bonds. The highest BCUT2D eigenvalue weighted by atomic mass is 79.9. The molecular formula is C16H26BrNO2. The van der Waals surface area contributed by atoms with Gasteiger partial charge < -0.3 is 14.8 Å². The van der Waals surface area contributed by atoms with Crippen LogP contribution in [0.1, 0.15) is 32.8 Å². The zero-order chi connectivity index (χ0) is 15.2. The number of hydrogen-bond donors (Lipinski definition) is 1. The smallest absolute Gasteiger partial charge is 0.119 e. The lowest BCUT2D eigenvalue weighted by atomic mass is 9.94. The number of ether oxygens (including phenoxy) is 2. The molecule has 0 saturated heterocycles. The highest BCUT2D eigenvalue weighted by Gasteiger charge is 2.23. The van der Waals surface area contributed by atoms with Crippen molar-refractivity contribution in [2.45, 2.75) is 45.3 Å². The highest BCUT2D eigenvalue weighted by molar-refractivity contribution is 9.10. The first-order valence-corrected chi connectivity index (χ1v) is 7.82. The summed E-state index contributed by atoms with van der Waals surface area (Å²) in [4.78, 5) is 0. The van der Waals surface area contributed by atoms with Crippen LogP contribution in [0.25, 0.3) is 0 Å². The lowest BCUT2D eigenvalue weighted by Gasteiger charge is -2.29. The van der Waals surface area contributed by atoms with Crippen molar-refractivity contribution in [3.63, 3.8) is 0 Å². The van der Waals surface area contributed by atoms with E-state index in [1.807, 2.05) is 12.1 Å². The minimum atomic E-state index is -0.127. The molecule has 1 aromatic carbocycles. The number of nitrogens with one attached hydrogen (secondary N) is 1. The van der Waals surface area contributed by atoms with Crippen molar-refractivity contribution < 1.29 is 9.47 Å². The van der Waals surface area contributed by atoms with E-state index < -0.39 is 0 Å². The van der Waals surface area contributed by atoms with Gasteiger partial charge in [0.1, 0.15) is 5.75 Å². The van der Waals surface area contributed by atoms with Crippen LogP contribution in [0, 0.1) is 0 Å². The first-order chi connectivity index (χ1) is 9.41. The molecule has 114 valence electrons. The Morgan fingerprint density at radius 3 is 2.55 bits per heavy atom. The second-order valence-electron chi connectivity index (χ2n) is 5.58. The molecule has 0 aliphatic rings. The van der Waals surface area contributed by atoms with Crippen molar-refractivity contribution in [3.05, 3.63) is 28.2 Å². The molecule has 0 saturated carbocycles. The first kappa shape index (κ1) is 17.5. The van der Waals surface area contributed by atoms with Crippen LogP contribution < -0.4 is 10.1 Å². The Kier molecular flexibility index (Phi) is 7.00. The van der Waals surface area contributed by atoms with Crippen LogP contribution in [-0.4, -0.2) is 32.4 Å². The quantitative estimate of drug-likeness (QED) is 0.778. The van der Waals surface area contributed by atoms with Gasteiger partial charge in [-0.3, -0.25) is 0 Å². The van der Waals surface area contributed by atoms with E-state index in [2.05, 4.69) is 48.1 Å². The minimum absolute atomic E-state index is 0.127. The zero-order valence-corrected chi connectivity index (χ0v) is 14.7. The van der Waals surface area contributed by atoms with E-state index >= 15 is 0 Å². The molecule has 1 atom stereocenters. The van der Waals surface area contributed by atoms with Crippen LogP contribution in [-0.2, 0) is 11.2 Å².